The third-order valence-electron chi connectivity index (χ3n) is 4.42. The Balaban J connectivity index is 1.89. The number of hydrogen-bond donors (Lipinski definition) is 1. The molecule has 7 heteroatoms. The van der Waals surface area contributed by atoms with Crippen LogP contribution in [0.1, 0.15) is 39.0 Å². The molecule has 0 radical (unpaired) electrons. The Kier molecular flexibility index (Phi) is 4.52. The van der Waals surface area contributed by atoms with Crippen LogP contribution in [0.4, 0.5) is 11.4 Å². The van der Waals surface area contributed by atoms with E-state index in [9.17, 15) is 13.2 Å². The van der Waals surface area contributed by atoms with E-state index >= 15 is 0 Å². The molecule has 1 N–H and O–H groups in total. The number of rotatable bonds is 3. The lowest BCUT2D eigenvalue weighted by molar-refractivity contribution is -0.116. The standard InChI is InChI=1S/C19H23N3O3S/c1-13(23)22-10-8-14-11-16(5-6-17(14)22)26(24,25)21-15-7-9-20-18(12-15)19(2,3)4/h5-7,9,11-12H,8,10H2,1-4H3,(H,20,21). The van der Waals surface area contributed by atoms with E-state index in [2.05, 4.69) is 9.71 Å². The maximum atomic E-state index is 12.8. The van der Waals surface area contributed by atoms with Crippen LogP contribution in [0, 0.1) is 0 Å². The zero-order valence-corrected chi connectivity index (χ0v) is 16.2. The van der Waals surface area contributed by atoms with Crippen molar-refractivity contribution in [1.29, 1.82) is 0 Å². The SMILES string of the molecule is CC(=O)N1CCc2cc(S(=O)(=O)Nc3ccnc(C(C)(C)C)c3)ccc21. The van der Waals surface area contributed by atoms with Gasteiger partial charge in [-0.25, -0.2) is 8.42 Å². The number of carbonyl (C=O) groups is 1. The number of nitrogens with zero attached hydrogens (tertiary/aromatic N) is 2. The van der Waals surface area contributed by atoms with Gasteiger partial charge in [-0.1, -0.05) is 20.8 Å². The van der Waals surface area contributed by atoms with E-state index in [1.807, 2.05) is 20.8 Å². The summed E-state index contributed by atoms with van der Waals surface area (Å²) in [6.07, 6.45) is 2.26. The predicted octanol–water partition coefficient (Wildman–Crippen LogP) is 3.09. The van der Waals surface area contributed by atoms with Crippen molar-refractivity contribution in [2.75, 3.05) is 16.2 Å². The van der Waals surface area contributed by atoms with Crippen molar-refractivity contribution in [3.8, 4) is 0 Å². The van der Waals surface area contributed by atoms with Gasteiger partial charge in [0.2, 0.25) is 5.91 Å². The molecule has 1 aliphatic rings. The molecule has 6 nitrogen and oxygen atoms in total. The van der Waals surface area contributed by atoms with E-state index in [-0.39, 0.29) is 16.2 Å². The number of anilines is 2. The summed E-state index contributed by atoms with van der Waals surface area (Å²) in [4.78, 5) is 17.8. The number of benzene rings is 1. The largest absolute Gasteiger partial charge is 0.312 e. The van der Waals surface area contributed by atoms with Gasteiger partial charge in [0.25, 0.3) is 10.0 Å². The molecule has 0 bridgehead atoms. The van der Waals surface area contributed by atoms with Crippen LogP contribution in [0.25, 0.3) is 0 Å². The molecule has 0 spiro atoms. The summed E-state index contributed by atoms with van der Waals surface area (Å²) in [5, 5.41) is 0. The number of pyridine rings is 1. The van der Waals surface area contributed by atoms with Gasteiger partial charge in [-0.05, 0) is 42.3 Å². The average molecular weight is 373 g/mol. The van der Waals surface area contributed by atoms with E-state index in [1.54, 1.807) is 35.4 Å². The second kappa shape index (κ2) is 6.39. The highest BCUT2D eigenvalue weighted by molar-refractivity contribution is 7.92. The van der Waals surface area contributed by atoms with Crippen LogP contribution in [0.3, 0.4) is 0 Å². The second-order valence-corrected chi connectivity index (χ2v) is 9.18. The van der Waals surface area contributed by atoms with E-state index < -0.39 is 10.0 Å². The van der Waals surface area contributed by atoms with Crippen LogP contribution in [0.5, 0.6) is 0 Å². The quantitative estimate of drug-likeness (QED) is 0.897. The Morgan fingerprint density at radius 3 is 2.58 bits per heavy atom. The lowest BCUT2D eigenvalue weighted by atomic mass is 9.91. The van der Waals surface area contributed by atoms with Crippen molar-refractivity contribution in [3.05, 3.63) is 47.8 Å². The Hall–Kier alpha value is -2.41. The van der Waals surface area contributed by atoms with Crippen molar-refractivity contribution < 1.29 is 13.2 Å². The summed E-state index contributed by atoms with van der Waals surface area (Å²) in [6, 6.07) is 8.27. The molecule has 138 valence electrons. The number of amides is 1. The first-order valence-electron chi connectivity index (χ1n) is 8.48. The first-order chi connectivity index (χ1) is 12.1. The fourth-order valence-electron chi connectivity index (χ4n) is 2.99. The highest BCUT2D eigenvalue weighted by atomic mass is 32.2. The molecule has 3 rings (SSSR count). The molecular formula is C19H23N3O3S. The van der Waals surface area contributed by atoms with Gasteiger partial charge in [0, 0.05) is 36.5 Å². The van der Waals surface area contributed by atoms with E-state index in [4.69, 9.17) is 0 Å². The molecule has 0 atom stereocenters. The Labute approximate surface area is 154 Å². The van der Waals surface area contributed by atoms with Gasteiger partial charge < -0.3 is 4.90 Å². The van der Waals surface area contributed by atoms with Gasteiger partial charge in [0.15, 0.2) is 0 Å². The summed E-state index contributed by atoms with van der Waals surface area (Å²) in [6.45, 7) is 8.16. The Bertz CT molecular complexity index is 962. The molecule has 0 aliphatic carbocycles. The summed E-state index contributed by atoms with van der Waals surface area (Å²) < 4.78 is 28.2. The summed E-state index contributed by atoms with van der Waals surface area (Å²) in [5.74, 6) is -0.0380. The first-order valence-corrected chi connectivity index (χ1v) is 9.97. The molecule has 2 aromatic rings. The number of carbonyl (C=O) groups excluding carboxylic acids is 1. The fraction of sp³-hybridized carbons (Fsp3) is 0.368. The molecule has 0 fully saturated rings. The monoisotopic (exact) mass is 373 g/mol. The number of aromatic nitrogens is 1. The van der Waals surface area contributed by atoms with Crippen molar-refractivity contribution >= 4 is 27.3 Å². The summed E-state index contributed by atoms with van der Waals surface area (Å²) in [7, 11) is -3.72. The third-order valence-corrected chi connectivity index (χ3v) is 5.80. The third kappa shape index (κ3) is 3.58. The average Bonchev–Trinajstić information content (AvgIpc) is 2.97. The molecule has 26 heavy (non-hydrogen) atoms. The minimum absolute atomic E-state index is 0.0380. The maximum Gasteiger partial charge on any atom is 0.261 e. The minimum atomic E-state index is -3.72. The molecule has 0 saturated carbocycles. The van der Waals surface area contributed by atoms with Gasteiger partial charge >= 0.3 is 0 Å². The second-order valence-electron chi connectivity index (χ2n) is 7.50. The minimum Gasteiger partial charge on any atom is -0.312 e. The predicted molar refractivity (Wildman–Crippen MR) is 102 cm³/mol. The van der Waals surface area contributed by atoms with Crippen molar-refractivity contribution in [1.82, 2.24) is 4.98 Å². The van der Waals surface area contributed by atoms with Gasteiger partial charge in [0.1, 0.15) is 0 Å². The Morgan fingerprint density at radius 2 is 1.92 bits per heavy atom. The summed E-state index contributed by atoms with van der Waals surface area (Å²) >= 11 is 0. The van der Waals surface area contributed by atoms with Crippen LogP contribution >= 0.6 is 0 Å². The van der Waals surface area contributed by atoms with Gasteiger partial charge in [0.05, 0.1) is 10.6 Å². The highest BCUT2D eigenvalue weighted by Gasteiger charge is 2.25. The molecule has 0 unspecified atom stereocenters. The Morgan fingerprint density at radius 1 is 1.19 bits per heavy atom. The molecule has 1 aromatic carbocycles. The van der Waals surface area contributed by atoms with E-state index in [0.29, 0.717) is 18.7 Å². The van der Waals surface area contributed by atoms with Crippen LogP contribution in [0.15, 0.2) is 41.4 Å². The lowest BCUT2D eigenvalue weighted by Gasteiger charge is -2.19. The molecule has 1 amide bonds. The smallest absolute Gasteiger partial charge is 0.261 e. The molecule has 1 aromatic heterocycles. The van der Waals surface area contributed by atoms with Crippen LogP contribution in [-0.4, -0.2) is 25.9 Å². The number of hydrogen-bond acceptors (Lipinski definition) is 4. The number of fused-ring (bicyclic) bond motifs is 1. The normalized spacial score (nSPS) is 14.2. The van der Waals surface area contributed by atoms with Gasteiger partial charge in [-0.2, -0.15) is 0 Å². The van der Waals surface area contributed by atoms with Crippen LogP contribution in [-0.2, 0) is 26.7 Å². The van der Waals surface area contributed by atoms with Crippen molar-refractivity contribution in [2.45, 2.75) is 44.4 Å². The summed E-state index contributed by atoms with van der Waals surface area (Å²) in [5.41, 5.74) is 2.77. The maximum absolute atomic E-state index is 12.8. The van der Waals surface area contributed by atoms with Crippen molar-refractivity contribution in [3.63, 3.8) is 0 Å². The van der Waals surface area contributed by atoms with E-state index in [0.717, 1.165) is 16.9 Å². The molecule has 1 aliphatic heterocycles. The molecular weight excluding hydrogens is 350 g/mol. The zero-order valence-electron chi connectivity index (χ0n) is 15.4. The molecule has 2 heterocycles. The lowest BCUT2D eigenvalue weighted by Crippen LogP contribution is -2.25. The van der Waals surface area contributed by atoms with Crippen LogP contribution < -0.4 is 9.62 Å². The highest BCUT2D eigenvalue weighted by Crippen LogP contribution is 2.31. The number of nitrogens with one attached hydrogen (secondary N) is 1. The van der Waals surface area contributed by atoms with Gasteiger partial charge in [-0.15, -0.1) is 0 Å². The molecule has 0 saturated heterocycles. The first kappa shape index (κ1) is 18.4. The number of sulfonamides is 1. The van der Waals surface area contributed by atoms with E-state index in [1.165, 1.54) is 13.0 Å². The fourth-order valence-corrected chi connectivity index (χ4v) is 4.09. The van der Waals surface area contributed by atoms with Crippen molar-refractivity contribution in [2.24, 2.45) is 0 Å². The van der Waals surface area contributed by atoms with Crippen LogP contribution in [0.2, 0.25) is 0 Å². The van der Waals surface area contributed by atoms with Gasteiger partial charge in [-0.3, -0.25) is 14.5 Å². The topological polar surface area (TPSA) is 79.4 Å². The zero-order chi connectivity index (χ0) is 19.1.